The standard InChI is InChI=1S/C21H21AsN4O6/c1-3-32-20(28)17-18(26(29)30)19(23-15-10-6-7-11-16(15)31-2)25-21(24-17)22-14-9-5-4-8-13(14)12-27/h4-11,22,27H,3,12H2,1-2H3,(H,23,24,25). The number of esters is 1. The summed E-state index contributed by atoms with van der Waals surface area (Å²) in [5.74, 6) is -0.605. The van der Waals surface area contributed by atoms with Crippen molar-refractivity contribution >= 4 is 47.9 Å². The number of para-hydroxylation sites is 2. The minimum atomic E-state index is -1.24. The third-order valence-electron chi connectivity index (χ3n) is 4.33. The van der Waals surface area contributed by atoms with Crippen molar-refractivity contribution < 1.29 is 24.3 Å². The minimum absolute atomic E-state index is 0.0359. The van der Waals surface area contributed by atoms with Gasteiger partial charge in [0.15, 0.2) is 0 Å². The number of methoxy groups -OCH3 is 1. The molecule has 32 heavy (non-hydrogen) atoms. The van der Waals surface area contributed by atoms with Crippen molar-refractivity contribution in [3.63, 3.8) is 0 Å². The van der Waals surface area contributed by atoms with E-state index in [0.29, 0.717) is 17.0 Å². The van der Waals surface area contributed by atoms with Gasteiger partial charge in [0.2, 0.25) is 0 Å². The van der Waals surface area contributed by atoms with Crippen LogP contribution in [0.25, 0.3) is 0 Å². The molecule has 10 nitrogen and oxygen atoms in total. The predicted molar refractivity (Wildman–Crippen MR) is 120 cm³/mol. The topological polar surface area (TPSA) is 137 Å². The van der Waals surface area contributed by atoms with E-state index in [1.165, 1.54) is 7.11 Å². The normalized spacial score (nSPS) is 10.8. The molecule has 1 heterocycles. The molecule has 0 aliphatic carbocycles. The molecule has 3 aromatic rings. The van der Waals surface area contributed by atoms with Crippen LogP contribution in [0, 0.1) is 10.1 Å². The number of benzene rings is 2. The number of aromatic nitrogens is 2. The van der Waals surface area contributed by atoms with Gasteiger partial charge in [0.25, 0.3) is 0 Å². The Labute approximate surface area is 190 Å². The van der Waals surface area contributed by atoms with Gasteiger partial charge in [-0.2, -0.15) is 0 Å². The molecule has 0 fully saturated rings. The van der Waals surface area contributed by atoms with E-state index in [9.17, 15) is 20.0 Å². The van der Waals surface area contributed by atoms with E-state index in [4.69, 9.17) is 9.47 Å². The zero-order valence-corrected chi connectivity index (χ0v) is 19.5. The zero-order valence-electron chi connectivity index (χ0n) is 17.4. The van der Waals surface area contributed by atoms with Crippen LogP contribution in [0.2, 0.25) is 0 Å². The molecule has 0 amide bonds. The van der Waals surface area contributed by atoms with Crippen molar-refractivity contribution in [3.8, 4) is 5.75 Å². The van der Waals surface area contributed by atoms with Crippen LogP contribution in [0.4, 0.5) is 17.2 Å². The number of nitrogens with one attached hydrogen (secondary N) is 1. The summed E-state index contributed by atoms with van der Waals surface area (Å²) in [6.07, 6.45) is 0. The third-order valence-corrected chi connectivity index (χ3v) is 6.86. The first kappa shape index (κ1) is 23.2. The van der Waals surface area contributed by atoms with Gasteiger partial charge in [-0.05, 0) is 0 Å². The molecule has 11 heteroatoms. The van der Waals surface area contributed by atoms with E-state index in [-0.39, 0.29) is 23.6 Å². The Hall–Kier alpha value is -3.49. The van der Waals surface area contributed by atoms with E-state index >= 15 is 0 Å². The van der Waals surface area contributed by atoms with Crippen molar-refractivity contribution in [3.05, 3.63) is 69.9 Å². The average molecular weight is 500 g/mol. The van der Waals surface area contributed by atoms with Crippen molar-refractivity contribution in [2.75, 3.05) is 19.0 Å². The molecule has 166 valence electrons. The monoisotopic (exact) mass is 500 g/mol. The van der Waals surface area contributed by atoms with Crippen LogP contribution in [0.5, 0.6) is 5.75 Å². The SMILES string of the molecule is CCOC(=O)c1nc([AsH]c2ccccc2CO)nc(Nc2ccccc2OC)c1[N+](=O)[O-]. The molecular weight excluding hydrogens is 479 g/mol. The first-order valence-corrected chi connectivity index (χ1v) is 11.7. The number of carbonyl (C=O) groups excluding carboxylic acids is 1. The van der Waals surface area contributed by atoms with Crippen LogP contribution in [0.15, 0.2) is 48.5 Å². The summed E-state index contributed by atoms with van der Waals surface area (Å²) < 4.78 is 11.4. The summed E-state index contributed by atoms with van der Waals surface area (Å²) in [5.41, 5.74) is 0.143. The number of aliphatic hydroxyl groups is 1. The number of aliphatic hydroxyl groups excluding tert-OH is 1. The summed E-state index contributed by atoms with van der Waals surface area (Å²) in [5, 5.41) is 24.4. The van der Waals surface area contributed by atoms with Gasteiger partial charge in [0, 0.05) is 0 Å². The number of nitrogens with zero attached hydrogens (tertiary/aromatic N) is 3. The number of hydrogen-bond donors (Lipinski definition) is 2. The Morgan fingerprint density at radius 2 is 1.91 bits per heavy atom. The third kappa shape index (κ3) is 5.22. The van der Waals surface area contributed by atoms with Gasteiger partial charge in [-0.1, -0.05) is 0 Å². The second-order valence-electron chi connectivity index (χ2n) is 6.34. The zero-order chi connectivity index (χ0) is 23.1. The van der Waals surface area contributed by atoms with Crippen molar-refractivity contribution in [2.24, 2.45) is 0 Å². The molecule has 1 atom stereocenters. The van der Waals surface area contributed by atoms with Gasteiger partial charge in [0.1, 0.15) is 0 Å². The van der Waals surface area contributed by atoms with Crippen LogP contribution >= 0.6 is 0 Å². The Morgan fingerprint density at radius 3 is 2.59 bits per heavy atom. The number of hydrogen-bond acceptors (Lipinski definition) is 9. The van der Waals surface area contributed by atoms with E-state index in [0.717, 1.165) is 4.35 Å². The second-order valence-corrected chi connectivity index (χ2v) is 8.93. The van der Waals surface area contributed by atoms with E-state index < -0.39 is 38.0 Å². The number of rotatable bonds is 9. The Bertz CT molecular complexity index is 1140. The Kier molecular flexibility index (Phi) is 7.75. The quantitative estimate of drug-likeness (QED) is 0.192. The fraction of sp³-hybridized carbons (Fsp3) is 0.190. The van der Waals surface area contributed by atoms with Crippen LogP contribution in [-0.4, -0.2) is 55.4 Å². The van der Waals surface area contributed by atoms with E-state index in [2.05, 4.69) is 15.3 Å². The second kappa shape index (κ2) is 10.7. The van der Waals surface area contributed by atoms with Gasteiger partial charge in [-0.15, -0.1) is 0 Å². The van der Waals surface area contributed by atoms with E-state index in [1.54, 1.807) is 43.3 Å². The summed E-state index contributed by atoms with van der Waals surface area (Å²) in [4.78, 5) is 32.3. The molecule has 0 bridgehead atoms. The van der Waals surface area contributed by atoms with Gasteiger partial charge in [0.05, 0.1) is 0 Å². The number of carbonyl (C=O) groups is 1. The molecule has 0 spiro atoms. The fourth-order valence-corrected chi connectivity index (χ4v) is 5.15. The maximum absolute atomic E-state index is 12.5. The number of ether oxygens (including phenoxy) is 2. The first-order valence-electron chi connectivity index (χ1n) is 9.57. The molecule has 1 aromatic heterocycles. The van der Waals surface area contributed by atoms with Gasteiger partial charge in [-0.3, -0.25) is 0 Å². The van der Waals surface area contributed by atoms with Crippen LogP contribution in [0.1, 0.15) is 23.0 Å². The number of nitro groups is 1. The molecule has 0 aliphatic heterocycles. The molecule has 2 aromatic carbocycles. The van der Waals surface area contributed by atoms with Crippen LogP contribution in [0.3, 0.4) is 0 Å². The van der Waals surface area contributed by atoms with Gasteiger partial charge >= 0.3 is 190 Å². The summed E-state index contributed by atoms with van der Waals surface area (Å²) in [6, 6.07) is 14.1. The molecule has 2 N–H and O–H groups in total. The van der Waals surface area contributed by atoms with E-state index in [1.807, 2.05) is 12.1 Å². The molecule has 0 saturated carbocycles. The number of anilines is 2. The molecule has 1 unspecified atom stereocenters. The Morgan fingerprint density at radius 1 is 1.19 bits per heavy atom. The predicted octanol–water partition coefficient (Wildman–Crippen LogP) is 1.19. The Balaban J connectivity index is 2.16. The first-order chi connectivity index (χ1) is 15.5. The summed E-state index contributed by atoms with van der Waals surface area (Å²) >= 11 is -1.24. The molecular formula is C21H21AsN4O6. The maximum atomic E-state index is 12.5. The molecule has 3 rings (SSSR count). The van der Waals surface area contributed by atoms with Crippen LogP contribution < -0.4 is 19.0 Å². The van der Waals surface area contributed by atoms with Crippen molar-refractivity contribution in [1.82, 2.24) is 9.97 Å². The average Bonchev–Trinajstić information content (AvgIpc) is 2.79. The molecule has 0 radical (unpaired) electrons. The van der Waals surface area contributed by atoms with Gasteiger partial charge in [-0.25, -0.2) is 0 Å². The molecule has 0 aliphatic rings. The van der Waals surface area contributed by atoms with Gasteiger partial charge < -0.3 is 0 Å². The fourth-order valence-electron chi connectivity index (χ4n) is 2.89. The van der Waals surface area contributed by atoms with Crippen molar-refractivity contribution in [2.45, 2.75) is 13.5 Å². The summed E-state index contributed by atoms with van der Waals surface area (Å²) in [6.45, 7) is 1.48. The molecule has 0 saturated heterocycles. The van der Waals surface area contributed by atoms with Crippen LogP contribution in [-0.2, 0) is 11.3 Å². The van der Waals surface area contributed by atoms with Crippen molar-refractivity contribution in [1.29, 1.82) is 0 Å². The summed E-state index contributed by atoms with van der Waals surface area (Å²) in [7, 11) is 1.47.